The Kier molecular flexibility index (Phi) is 5.45. The molecule has 0 aliphatic rings. The Morgan fingerprint density at radius 3 is 2.52 bits per heavy atom. The number of hydrogen-bond acceptors (Lipinski definition) is 5. The van der Waals surface area contributed by atoms with E-state index >= 15 is 0 Å². The Morgan fingerprint density at radius 2 is 1.79 bits per heavy atom. The second kappa shape index (κ2) is 8.17. The Labute approximate surface area is 173 Å². The van der Waals surface area contributed by atoms with E-state index in [1.807, 2.05) is 32.0 Å². The van der Waals surface area contributed by atoms with E-state index in [-0.39, 0.29) is 5.82 Å². The van der Waals surface area contributed by atoms with Gasteiger partial charge in [0.05, 0.1) is 12.0 Å². The minimum absolute atomic E-state index is 0.227. The fourth-order valence-corrected chi connectivity index (χ4v) is 4.49. The molecule has 2 aromatic heterocycles. The third-order valence-corrected chi connectivity index (χ3v) is 5.70. The molecule has 0 fully saturated rings. The number of anilines is 1. The van der Waals surface area contributed by atoms with Crippen molar-refractivity contribution in [1.82, 2.24) is 9.97 Å². The molecule has 4 aromatic rings. The van der Waals surface area contributed by atoms with Crippen LogP contribution in [0.4, 0.5) is 10.2 Å². The number of aromatic nitrogens is 2. The van der Waals surface area contributed by atoms with Crippen LogP contribution in [-0.4, -0.2) is 16.6 Å². The van der Waals surface area contributed by atoms with E-state index < -0.39 is 0 Å². The van der Waals surface area contributed by atoms with Crippen LogP contribution in [0.2, 0.25) is 0 Å². The molecule has 2 heterocycles. The molecule has 1 N–H and O–H groups in total. The van der Waals surface area contributed by atoms with Gasteiger partial charge in [-0.3, -0.25) is 0 Å². The minimum Gasteiger partial charge on any atom is -0.494 e. The van der Waals surface area contributed by atoms with Gasteiger partial charge >= 0.3 is 0 Å². The van der Waals surface area contributed by atoms with E-state index in [1.165, 1.54) is 6.07 Å². The standard InChI is InChI=1S/C23H22FN3OS/c1-4-28-18-11-9-16(10-12-18)20-14(2)29-23-21(20)22(26-15(3)27-23)25-13-17-7-5-6-8-19(17)24/h5-12H,4,13H2,1-3H3,(H,25,26,27). The number of rotatable bonds is 6. The quantitative estimate of drug-likeness (QED) is 0.418. The smallest absolute Gasteiger partial charge is 0.139 e. The molecule has 148 valence electrons. The van der Waals surface area contributed by atoms with Gasteiger partial charge in [-0.05, 0) is 44.5 Å². The molecule has 0 spiro atoms. The monoisotopic (exact) mass is 407 g/mol. The SMILES string of the molecule is CCOc1ccc(-c2c(C)sc3nc(C)nc(NCc4ccccc4F)c23)cc1. The molecule has 2 aromatic carbocycles. The van der Waals surface area contributed by atoms with E-state index in [4.69, 9.17) is 4.74 Å². The maximum atomic E-state index is 14.1. The summed E-state index contributed by atoms with van der Waals surface area (Å²) in [4.78, 5) is 11.4. The molecule has 4 rings (SSSR count). The zero-order chi connectivity index (χ0) is 20.4. The summed E-state index contributed by atoms with van der Waals surface area (Å²) in [5.74, 6) is 2.03. The van der Waals surface area contributed by atoms with Crippen molar-refractivity contribution in [2.24, 2.45) is 0 Å². The lowest BCUT2D eigenvalue weighted by atomic mass is 10.0. The van der Waals surface area contributed by atoms with E-state index in [2.05, 4.69) is 34.3 Å². The van der Waals surface area contributed by atoms with Crippen molar-refractivity contribution in [3.8, 4) is 16.9 Å². The first-order valence-corrected chi connectivity index (χ1v) is 10.4. The molecule has 6 heteroatoms. The van der Waals surface area contributed by atoms with Gasteiger partial charge < -0.3 is 10.1 Å². The first-order valence-electron chi connectivity index (χ1n) is 9.55. The average Bonchev–Trinajstić information content (AvgIpc) is 3.03. The predicted molar refractivity (Wildman–Crippen MR) is 117 cm³/mol. The summed E-state index contributed by atoms with van der Waals surface area (Å²) in [6.45, 7) is 6.93. The number of nitrogens with zero attached hydrogens (tertiary/aromatic N) is 2. The largest absolute Gasteiger partial charge is 0.494 e. The number of nitrogens with one attached hydrogen (secondary N) is 1. The fourth-order valence-electron chi connectivity index (χ4n) is 3.40. The van der Waals surface area contributed by atoms with Crippen molar-refractivity contribution < 1.29 is 9.13 Å². The Bertz CT molecular complexity index is 1150. The molecule has 0 radical (unpaired) electrons. The summed E-state index contributed by atoms with van der Waals surface area (Å²) in [6, 6.07) is 14.8. The number of aryl methyl sites for hydroxylation is 2. The molecule has 0 aliphatic heterocycles. The van der Waals surface area contributed by atoms with Crippen LogP contribution >= 0.6 is 11.3 Å². The molecular weight excluding hydrogens is 385 g/mol. The number of benzene rings is 2. The first-order chi connectivity index (χ1) is 14.1. The van der Waals surface area contributed by atoms with Crippen LogP contribution in [0.15, 0.2) is 48.5 Å². The van der Waals surface area contributed by atoms with Crippen molar-refractivity contribution in [3.05, 3.63) is 70.6 Å². The lowest BCUT2D eigenvalue weighted by Gasteiger charge is -2.11. The Hall–Kier alpha value is -2.99. The van der Waals surface area contributed by atoms with Crippen LogP contribution in [0.25, 0.3) is 21.3 Å². The van der Waals surface area contributed by atoms with Crippen LogP contribution in [0, 0.1) is 19.7 Å². The molecule has 0 saturated carbocycles. The van der Waals surface area contributed by atoms with E-state index in [0.717, 1.165) is 37.8 Å². The lowest BCUT2D eigenvalue weighted by molar-refractivity contribution is 0.340. The summed E-state index contributed by atoms with van der Waals surface area (Å²) in [6.07, 6.45) is 0. The molecule has 0 atom stereocenters. The summed E-state index contributed by atoms with van der Waals surface area (Å²) in [7, 11) is 0. The Balaban J connectivity index is 1.77. The van der Waals surface area contributed by atoms with Gasteiger partial charge in [0.2, 0.25) is 0 Å². The summed E-state index contributed by atoms with van der Waals surface area (Å²) in [5.41, 5.74) is 2.79. The predicted octanol–water partition coefficient (Wildman–Crippen LogP) is 6.13. The van der Waals surface area contributed by atoms with Crippen molar-refractivity contribution in [3.63, 3.8) is 0 Å². The van der Waals surface area contributed by atoms with Gasteiger partial charge in [0.15, 0.2) is 0 Å². The zero-order valence-corrected chi connectivity index (χ0v) is 17.4. The van der Waals surface area contributed by atoms with Crippen molar-refractivity contribution in [1.29, 1.82) is 0 Å². The van der Waals surface area contributed by atoms with Crippen LogP contribution in [0.1, 0.15) is 23.2 Å². The maximum absolute atomic E-state index is 14.1. The van der Waals surface area contributed by atoms with Gasteiger partial charge in [-0.1, -0.05) is 30.3 Å². The highest BCUT2D eigenvalue weighted by Gasteiger charge is 2.18. The Morgan fingerprint density at radius 1 is 1.03 bits per heavy atom. The number of hydrogen-bond donors (Lipinski definition) is 1. The average molecular weight is 408 g/mol. The third-order valence-electron chi connectivity index (χ3n) is 4.70. The molecule has 0 amide bonds. The highest BCUT2D eigenvalue weighted by molar-refractivity contribution is 7.19. The summed E-state index contributed by atoms with van der Waals surface area (Å²) >= 11 is 1.64. The number of ether oxygens (including phenoxy) is 1. The van der Waals surface area contributed by atoms with Crippen molar-refractivity contribution >= 4 is 27.4 Å². The van der Waals surface area contributed by atoms with Crippen LogP contribution in [0.3, 0.4) is 0 Å². The van der Waals surface area contributed by atoms with Gasteiger partial charge in [0.1, 0.15) is 28.0 Å². The summed E-state index contributed by atoms with van der Waals surface area (Å²) in [5, 5.41) is 4.30. The molecule has 4 nitrogen and oxygen atoms in total. The van der Waals surface area contributed by atoms with Gasteiger partial charge in [-0.15, -0.1) is 11.3 Å². The number of halogens is 1. The molecule has 0 bridgehead atoms. The molecule has 0 aliphatic carbocycles. The van der Waals surface area contributed by atoms with Gasteiger partial charge in [0, 0.05) is 22.5 Å². The van der Waals surface area contributed by atoms with Gasteiger partial charge in [0.25, 0.3) is 0 Å². The maximum Gasteiger partial charge on any atom is 0.139 e. The van der Waals surface area contributed by atoms with E-state index in [9.17, 15) is 4.39 Å². The van der Waals surface area contributed by atoms with Crippen molar-refractivity contribution in [2.75, 3.05) is 11.9 Å². The molecular formula is C23H22FN3OS. The van der Waals surface area contributed by atoms with Crippen LogP contribution in [0.5, 0.6) is 5.75 Å². The lowest BCUT2D eigenvalue weighted by Crippen LogP contribution is -2.05. The molecule has 29 heavy (non-hydrogen) atoms. The summed E-state index contributed by atoms with van der Waals surface area (Å²) < 4.78 is 19.6. The van der Waals surface area contributed by atoms with Gasteiger partial charge in [-0.2, -0.15) is 0 Å². The fraction of sp³-hybridized carbons (Fsp3) is 0.217. The van der Waals surface area contributed by atoms with Crippen molar-refractivity contribution in [2.45, 2.75) is 27.3 Å². The van der Waals surface area contributed by atoms with Crippen LogP contribution < -0.4 is 10.1 Å². The molecule has 0 saturated heterocycles. The normalized spacial score (nSPS) is 11.0. The minimum atomic E-state index is -0.227. The number of fused-ring (bicyclic) bond motifs is 1. The van der Waals surface area contributed by atoms with E-state index in [0.29, 0.717) is 24.5 Å². The third kappa shape index (κ3) is 3.93. The van der Waals surface area contributed by atoms with Crippen LogP contribution in [-0.2, 0) is 6.54 Å². The first kappa shape index (κ1) is 19.3. The number of thiophene rings is 1. The zero-order valence-electron chi connectivity index (χ0n) is 16.6. The second-order valence-corrected chi connectivity index (χ2v) is 7.94. The highest BCUT2D eigenvalue weighted by Crippen LogP contribution is 2.41. The van der Waals surface area contributed by atoms with Gasteiger partial charge in [-0.25, -0.2) is 14.4 Å². The molecule has 0 unspecified atom stereocenters. The second-order valence-electron chi connectivity index (χ2n) is 6.74. The van der Waals surface area contributed by atoms with E-state index in [1.54, 1.807) is 23.5 Å². The highest BCUT2D eigenvalue weighted by atomic mass is 32.1. The topological polar surface area (TPSA) is 47.0 Å².